The molecule has 0 aliphatic carbocycles. The van der Waals surface area contributed by atoms with Crippen LogP contribution in [0.3, 0.4) is 0 Å². The van der Waals surface area contributed by atoms with Gasteiger partial charge in [0.1, 0.15) is 0 Å². The molecular weight excluding hydrogens is 354 g/mol. The molecule has 0 spiro atoms. The van der Waals surface area contributed by atoms with E-state index in [-0.39, 0.29) is 31.4 Å². The summed E-state index contributed by atoms with van der Waals surface area (Å²) < 4.78 is 10.2. The van der Waals surface area contributed by atoms with Crippen LogP contribution < -0.4 is 5.32 Å². The van der Waals surface area contributed by atoms with Crippen LogP contribution in [0.2, 0.25) is 0 Å². The molecule has 0 aliphatic rings. The topological polar surface area (TPSA) is 94.3 Å². The number of hydrogen-bond acceptors (Lipinski definition) is 7. The fourth-order valence-corrected chi connectivity index (χ4v) is 2.87. The van der Waals surface area contributed by atoms with Crippen LogP contribution in [-0.2, 0) is 16.1 Å². The maximum Gasteiger partial charge on any atom is 0.308 e. The molecule has 8 heteroatoms. The third-order valence-corrected chi connectivity index (χ3v) is 4.44. The van der Waals surface area contributed by atoms with Crippen LogP contribution in [0, 0.1) is 6.92 Å². The Hall–Kier alpha value is -3.00. The van der Waals surface area contributed by atoms with Gasteiger partial charge in [-0.1, -0.05) is 35.5 Å². The first kappa shape index (κ1) is 17.8. The molecule has 2 heterocycles. The summed E-state index contributed by atoms with van der Waals surface area (Å²) >= 11 is 1.34. The molecule has 0 saturated heterocycles. The summed E-state index contributed by atoms with van der Waals surface area (Å²) in [4.78, 5) is 28.3. The fraction of sp³-hybridized carbons (Fsp3) is 0.222. The number of hydrogen-bond donors (Lipinski definition) is 1. The quantitative estimate of drug-likeness (QED) is 0.642. The average molecular weight is 371 g/mol. The van der Waals surface area contributed by atoms with Crippen molar-refractivity contribution in [1.29, 1.82) is 0 Å². The highest BCUT2D eigenvalue weighted by molar-refractivity contribution is 7.12. The van der Waals surface area contributed by atoms with Crippen LogP contribution in [0.4, 0.5) is 0 Å². The zero-order valence-electron chi connectivity index (χ0n) is 14.1. The summed E-state index contributed by atoms with van der Waals surface area (Å²) in [5.41, 5.74) is 1.89. The van der Waals surface area contributed by atoms with Crippen molar-refractivity contribution < 1.29 is 18.8 Å². The van der Waals surface area contributed by atoms with Gasteiger partial charge in [-0.2, -0.15) is 4.98 Å². The van der Waals surface area contributed by atoms with Gasteiger partial charge in [0.25, 0.3) is 11.8 Å². The van der Waals surface area contributed by atoms with E-state index in [0.717, 1.165) is 11.1 Å². The first-order valence-electron chi connectivity index (χ1n) is 7.99. The Morgan fingerprint density at radius 2 is 2.08 bits per heavy atom. The molecular formula is C18H17N3O4S. The van der Waals surface area contributed by atoms with Crippen molar-refractivity contribution in [3.8, 4) is 11.4 Å². The highest BCUT2D eigenvalue weighted by atomic mass is 32.1. The molecule has 1 amide bonds. The standard InChI is InChI=1S/C18H17N3O4S/c1-12-5-2-3-6-13(12)17-20-15(25-21-17)11-24-16(22)8-9-19-18(23)14-7-4-10-26-14/h2-7,10H,8-9,11H2,1H3,(H,19,23). The smallest absolute Gasteiger partial charge is 0.308 e. The Morgan fingerprint density at radius 3 is 2.85 bits per heavy atom. The van der Waals surface area contributed by atoms with Crippen LogP contribution in [0.5, 0.6) is 0 Å². The Bertz CT molecular complexity index is 889. The van der Waals surface area contributed by atoms with E-state index in [4.69, 9.17) is 9.26 Å². The molecule has 26 heavy (non-hydrogen) atoms. The predicted molar refractivity (Wildman–Crippen MR) is 95.5 cm³/mol. The molecule has 3 rings (SSSR count). The van der Waals surface area contributed by atoms with E-state index in [1.54, 1.807) is 12.1 Å². The maximum absolute atomic E-state index is 11.8. The monoisotopic (exact) mass is 371 g/mol. The van der Waals surface area contributed by atoms with Gasteiger partial charge >= 0.3 is 5.97 Å². The van der Waals surface area contributed by atoms with Crippen molar-refractivity contribution in [2.75, 3.05) is 6.54 Å². The minimum atomic E-state index is -0.452. The van der Waals surface area contributed by atoms with Crippen molar-refractivity contribution in [3.05, 3.63) is 58.1 Å². The molecule has 0 fully saturated rings. The number of aryl methyl sites for hydroxylation is 1. The molecule has 134 valence electrons. The van der Waals surface area contributed by atoms with Gasteiger partial charge in [-0.05, 0) is 23.9 Å². The van der Waals surface area contributed by atoms with Crippen LogP contribution in [0.1, 0.15) is 27.5 Å². The largest absolute Gasteiger partial charge is 0.456 e. The van der Waals surface area contributed by atoms with Crippen molar-refractivity contribution in [3.63, 3.8) is 0 Å². The van der Waals surface area contributed by atoms with E-state index in [2.05, 4.69) is 15.5 Å². The fourth-order valence-electron chi connectivity index (χ4n) is 2.23. The van der Waals surface area contributed by atoms with Gasteiger partial charge in [0.05, 0.1) is 11.3 Å². The van der Waals surface area contributed by atoms with E-state index >= 15 is 0 Å². The second kappa shape index (κ2) is 8.39. The third-order valence-electron chi connectivity index (χ3n) is 3.57. The number of thiophene rings is 1. The molecule has 1 N–H and O–H groups in total. The molecule has 7 nitrogen and oxygen atoms in total. The summed E-state index contributed by atoms with van der Waals surface area (Å²) in [6.07, 6.45) is 0.0654. The number of esters is 1. The van der Waals surface area contributed by atoms with Gasteiger partial charge < -0.3 is 14.6 Å². The first-order valence-corrected chi connectivity index (χ1v) is 8.87. The van der Waals surface area contributed by atoms with E-state index < -0.39 is 5.97 Å². The number of nitrogens with zero attached hydrogens (tertiary/aromatic N) is 2. The predicted octanol–water partition coefficient (Wildman–Crippen LogP) is 2.97. The second-order valence-electron chi connectivity index (χ2n) is 5.47. The lowest BCUT2D eigenvalue weighted by Crippen LogP contribution is -2.25. The summed E-state index contributed by atoms with van der Waals surface area (Å²) in [6.45, 7) is 2.06. The molecule has 0 radical (unpaired) electrons. The van der Waals surface area contributed by atoms with Gasteiger partial charge in [-0.25, -0.2) is 0 Å². The SMILES string of the molecule is Cc1ccccc1-c1noc(COC(=O)CCNC(=O)c2cccs2)n1. The highest BCUT2D eigenvalue weighted by Gasteiger charge is 2.13. The lowest BCUT2D eigenvalue weighted by Gasteiger charge is -2.03. The first-order chi connectivity index (χ1) is 12.6. The lowest BCUT2D eigenvalue weighted by atomic mass is 10.1. The summed E-state index contributed by atoms with van der Waals surface area (Å²) in [6, 6.07) is 11.2. The van der Waals surface area contributed by atoms with E-state index in [1.807, 2.05) is 36.6 Å². The van der Waals surface area contributed by atoms with E-state index in [9.17, 15) is 9.59 Å². The number of nitrogens with one attached hydrogen (secondary N) is 1. The molecule has 0 saturated carbocycles. The summed E-state index contributed by atoms with van der Waals surface area (Å²) in [5, 5.41) is 8.39. The van der Waals surface area contributed by atoms with Crippen molar-refractivity contribution in [2.45, 2.75) is 20.0 Å². The number of ether oxygens (including phenoxy) is 1. The Kier molecular flexibility index (Phi) is 5.75. The minimum absolute atomic E-state index is 0.0654. The zero-order valence-corrected chi connectivity index (χ0v) is 14.9. The van der Waals surface area contributed by atoms with Crippen molar-refractivity contribution >= 4 is 23.2 Å². The summed E-state index contributed by atoms with van der Waals surface area (Å²) in [5.74, 6) is 0.0243. The molecule has 0 unspecified atom stereocenters. The van der Waals surface area contributed by atoms with Crippen molar-refractivity contribution in [2.24, 2.45) is 0 Å². The van der Waals surface area contributed by atoms with Crippen LogP contribution >= 0.6 is 11.3 Å². The number of benzene rings is 1. The average Bonchev–Trinajstić information content (AvgIpc) is 3.32. The van der Waals surface area contributed by atoms with E-state index in [0.29, 0.717) is 10.7 Å². The zero-order chi connectivity index (χ0) is 18.4. The maximum atomic E-state index is 11.8. The number of carbonyl (C=O) groups excluding carboxylic acids is 2. The van der Waals surface area contributed by atoms with Gasteiger partial charge in [0, 0.05) is 12.1 Å². The normalized spacial score (nSPS) is 10.5. The molecule has 2 aromatic heterocycles. The van der Waals surface area contributed by atoms with Crippen LogP contribution in [0.15, 0.2) is 46.3 Å². The number of carbonyl (C=O) groups is 2. The highest BCUT2D eigenvalue weighted by Crippen LogP contribution is 2.19. The van der Waals surface area contributed by atoms with E-state index in [1.165, 1.54) is 11.3 Å². The molecule has 0 bridgehead atoms. The molecule has 0 atom stereocenters. The molecule has 3 aromatic rings. The van der Waals surface area contributed by atoms with Gasteiger partial charge in [-0.15, -0.1) is 11.3 Å². The number of aromatic nitrogens is 2. The summed E-state index contributed by atoms with van der Waals surface area (Å²) in [7, 11) is 0. The number of amides is 1. The van der Waals surface area contributed by atoms with Crippen LogP contribution in [0.25, 0.3) is 11.4 Å². The Labute approximate surface area is 154 Å². The van der Waals surface area contributed by atoms with Gasteiger partial charge in [0.2, 0.25) is 5.82 Å². The van der Waals surface area contributed by atoms with Crippen LogP contribution in [-0.4, -0.2) is 28.6 Å². The lowest BCUT2D eigenvalue weighted by molar-refractivity contribution is -0.145. The Balaban J connectivity index is 1.44. The minimum Gasteiger partial charge on any atom is -0.456 e. The number of rotatable bonds is 7. The third kappa shape index (κ3) is 4.54. The second-order valence-corrected chi connectivity index (χ2v) is 6.42. The van der Waals surface area contributed by atoms with Crippen molar-refractivity contribution in [1.82, 2.24) is 15.5 Å². The van der Waals surface area contributed by atoms with Gasteiger partial charge in [0.15, 0.2) is 6.61 Å². The molecule has 0 aliphatic heterocycles. The Morgan fingerprint density at radius 1 is 1.23 bits per heavy atom. The molecule has 1 aromatic carbocycles. The van der Waals surface area contributed by atoms with Gasteiger partial charge in [-0.3, -0.25) is 9.59 Å².